The molecule has 0 spiro atoms. The van der Waals surface area contributed by atoms with Gasteiger partial charge in [-0.1, -0.05) is 60.7 Å². The van der Waals surface area contributed by atoms with E-state index in [1.165, 1.54) is 11.1 Å². The molecule has 0 radical (unpaired) electrons. The molecule has 1 aliphatic heterocycles. The second-order valence-corrected chi connectivity index (χ2v) is 8.31. The summed E-state index contributed by atoms with van der Waals surface area (Å²) >= 11 is 0. The van der Waals surface area contributed by atoms with Gasteiger partial charge < -0.3 is 10.2 Å². The van der Waals surface area contributed by atoms with Crippen LogP contribution < -0.4 is 5.32 Å². The number of amides is 1. The van der Waals surface area contributed by atoms with Crippen molar-refractivity contribution in [2.75, 3.05) is 25.5 Å². The molecule has 0 saturated carbocycles. The maximum absolute atomic E-state index is 12.8. The number of rotatable bonds is 4. The lowest BCUT2D eigenvalue weighted by Crippen LogP contribution is -2.36. The van der Waals surface area contributed by atoms with E-state index in [2.05, 4.69) is 88.1 Å². The smallest absolute Gasteiger partial charge is 0.228 e. The summed E-state index contributed by atoms with van der Waals surface area (Å²) in [5, 5.41) is 11.5. The number of nitrogens with zero attached hydrogens (tertiary/aromatic N) is 2. The monoisotopic (exact) mass is 410 g/mol. The third-order valence-corrected chi connectivity index (χ3v) is 6.22. The highest BCUT2D eigenvalue weighted by atomic mass is 16.2. The van der Waals surface area contributed by atoms with E-state index in [0.717, 1.165) is 48.0 Å². The lowest BCUT2D eigenvalue weighted by molar-refractivity contribution is -0.121. The SMILES string of the molecule is CN1CCC(C(=O)Nc2n[nH]c3ccc(-c4ccccc4-c4ccccc4)cc23)CC1. The standard InChI is InChI=1S/C26H26N4O/c1-30-15-13-19(14-16-30)26(31)27-25-23-17-20(11-12-24(23)28-29-25)22-10-6-5-9-21(22)18-7-3-2-4-8-18/h2-12,17,19H,13-16H2,1H3,(H2,27,28,29,31). The quantitative estimate of drug-likeness (QED) is 0.487. The van der Waals surface area contributed by atoms with Crippen LogP contribution in [0.1, 0.15) is 12.8 Å². The number of carbonyl (C=O) groups is 1. The maximum Gasteiger partial charge on any atom is 0.228 e. The molecule has 4 aromatic rings. The van der Waals surface area contributed by atoms with Gasteiger partial charge in [-0.3, -0.25) is 9.89 Å². The normalized spacial score (nSPS) is 15.3. The molecule has 5 nitrogen and oxygen atoms in total. The number of hydrogen-bond donors (Lipinski definition) is 2. The molecule has 2 heterocycles. The van der Waals surface area contributed by atoms with Gasteiger partial charge in [0.05, 0.1) is 5.52 Å². The molecule has 31 heavy (non-hydrogen) atoms. The van der Waals surface area contributed by atoms with Crippen molar-refractivity contribution in [2.24, 2.45) is 5.92 Å². The summed E-state index contributed by atoms with van der Waals surface area (Å²) < 4.78 is 0. The van der Waals surface area contributed by atoms with E-state index in [0.29, 0.717) is 5.82 Å². The van der Waals surface area contributed by atoms with Gasteiger partial charge in [-0.15, -0.1) is 0 Å². The second-order valence-electron chi connectivity index (χ2n) is 8.31. The molecule has 0 bridgehead atoms. The lowest BCUT2D eigenvalue weighted by Gasteiger charge is -2.27. The average molecular weight is 411 g/mol. The summed E-state index contributed by atoms with van der Waals surface area (Å²) in [6, 6.07) is 25.1. The highest BCUT2D eigenvalue weighted by Gasteiger charge is 2.24. The maximum atomic E-state index is 12.8. The Hall–Kier alpha value is -3.44. The van der Waals surface area contributed by atoms with Crippen LogP contribution in [0.25, 0.3) is 33.2 Å². The number of anilines is 1. The third kappa shape index (κ3) is 3.97. The number of aromatic amines is 1. The summed E-state index contributed by atoms with van der Waals surface area (Å²) in [7, 11) is 2.10. The first-order valence-electron chi connectivity index (χ1n) is 10.8. The Kier molecular flexibility index (Phi) is 5.26. The average Bonchev–Trinajstić information content (AvgIpc) is 3.22. The highest BCUT2D eigenvalue weighted by molar-refractivity contribution is 6.02. The van der Waals surface area contributed by atoms with Crippen molar-refractivity contribution in [2.45, 2.75) is 12.8 Å². The Balaban J connectivity index is 1.47. The molecule has 1 aromatic heterocycles. The Bertz CT molecular complexity index is 1210. The Morgan fingerprint density at radius 2 is 1.61 bits per heavy atom. The number of benzene rings is 3. The van der Waals surface area contributed by atoms with Crippen LogP contribution >= 0.6 is 0 Å². The molecule has 156 valence electrons. The Morgan fingerprint density at radius 1 is 0.935 bits per heavy atom. The molecular formula is C26H26N4O. The van der Waals surface area contributed by atoms with E-state index >= 15 is 0 Å². The minimum absolute atomic E-state index is 0.0462. The fraction of sp³-hybridized carbons (Fsp3) is 0.231. The zero-order valence-corrected chi connectivity index (χ0v) is 17.6. The Morgan fingerprint density at radius 3 is 2.35 bits per heavy atom. The van der Waals surface area contributed by atoms with Crippen molar-refractivity contribution >= 4 is 22.6 Å². The van der Waals surface area contributed by atoms with Crippen LogP contribution in [0.2, 0.25) is 0 Å². The summed E-state index contributed by atoms with van der Waals surface area (Å²) in [4.78, 5) is 15.1. The largest absolute Gasteiger partial charge is 0.308 e. The van der Waals surface area contributed by atoms with E-state index in [1.54, 1.807) is 0 Å². The summed E-state index contributed by atoms with van der Waals surface area (Å²) in [6.45, 7) is 1.92. The fourth-order valence-electron chi connectivity index (χ4n) is 4.37. The van der Waals surface area contributed by atoms with Gasteiger partial charge in [0, 0.05) is 11.3 Å². The molecule has 1 amide bonds. The molecule has 3 aromatic carbocycles. The number of fused-ring (bicyclic) bond motifs is 1. The van der Waals surface area contributed by atoms with E-state index in [4.69, 9.17) is 0 Å². The predicted molar refractivity (Wildman–Crippen MR) is 126 cm³/mol. The Labute approximate surface area is 182 Å². The first-order chi connectivity index (χ1) is 15.2. The topological polar surface area (TPSA) is 61.0 Å². The van der Waals surface area contributed by atoms with Crippen LogP contribution in [0.15, 0.2) is 72.8 Å². The van der Waals surface area contributed by atoms with Crippen molar-refractivity contribution < 1.29 is 4.79 Å². The van der Waals surface area contributed by atoms with E-state index in [-0.39, 0.29) is 11.8 Å². The second kappa shape index (κ2) is 8.36. The molecule has 2 N–H and O–H groups in total. The summed E-state index contributed by atoms with van der Waals surface area (Å²) in [6.07, 6.45) is 1.78. The number of likely N-dealkylation sites (tertiary alicyclic amines) is 1. The van der Waals surface area contributed by atoms with E-state index in [1.807, 2.05) is 12.1 Å². The van der Waals surface area contributed by atoms with Crippen LogP contribution in [-0.4, -0.2) is 41.1 Å². The third-order valence-electron chi connectivity index (χ3n) is 6.22. The summed E-state index contributed by atoms with van der Waals surface area (Å²) in [5.41, 5.74) is 5.54. The molecule has 1 saturated heterocycles. The van der Waals surface area contributed by atoms with Crippen LogP contribution in [0, 0.1) is 5.92 Å². The molecule has 0 unspecified atom stereocenters. The van der Waals surface area contributed by atoms with E-state index < -0.39 is 0 Å². The molecule has 0 atom stereocenters. The molecule has 5 rings (SSSR count). The van der Waals surface area contributed by atoms with Crippen LogP contribution in [0.5, 0.6) is 0 Å². The molecular weight excluding hydrogens is 384 g/mol. The minimum atomic E-state index is 0.0462. The van der Waals surface area contributed by atoms with Crippen molar-refractivity contribution in [3.05, 3.63) is 72.8 Å². The number of piperidine rings is 1. The van der Waals surface area contributed by atoms with Crippen molar-refractivity contribution in [1.29, 1.82) is 0 Å². The van der Waals surface area contributed by atoms with Gasteiger partial charge in [-0.2, -0.15) is 5.10 Å². The minimum Gasteiger partial charge on any atom is -0.308 e. The van der Waals surface area contributed by atoms with Gasteiger partial charge in [0.25, 0.3) is 0 Å². The van der Waals surface area contributed by atoms with Crippen molar-refractivity contribution in [3.8, 4) is 22.3 Å². The first kappa shape index (κ1) is 19.5. The number of H-pyrrole nitrogens is 1. The molecule has 5 heteroatoms. The fourth-order valence-corrected chi connectivity index (χ4v) is 4.37. The molecule has 1 aliphatic rings. The van der Waals surface area contributed by atoms with Gasteiger partial charge in [0.2, 0.25) is 5.91 Å². The number of nitrogens with one attached hydrogen (secondary N) is 2. The van der Waals surface area contributed by atoms with Gasteiger partial charge in [-0.05, 0) is 67.4 Å². The van der Waals surface area contributed by atoms with Crippen molar-refractivity contribution in [3.63, 3.8) is 0 Å². The van der Waals surface area contributed by atoms with Gasteiger partial charge in [0.15, 0.2) is 5.82 Å². The van der Waals surface area contributed by atoms with Crippen molar-refractivity contribution in [1.82, 2.24) is 15.1 Å². The number of aromatic nitrogens is 2. The zero-order chi connectivity index (χ0) is 21.2. The van der Waals surface area contributed by atoms with Crippen LogP contribution in [0.4, 0.5) is 5.82 Å². The zero-order valence-electron chi connectivity index (χ0n) is 17.6. The van der Waals surface area contributed by atoms with Crippen LogP contribution in [0.3, 0.4) is 0 Å². The summed E-state index contributed by atoms with van der Waals surface area (Å²) in [5.74, 6) is 0.722. The first-order valence-corrected chi connectivity index (χ1v) is 10.8. The molecule has 0 aliphatic carbocycles. The molecule has 1 fully saturated rings. The lowest BCUT2D eigenvalue weighted by atomic mass is 9.94. The van der Waals surface area contributed by atoms with E-state index in [9.17, 15) is 4.79 Å². The van der Waals surface area contributed by atoms with Crippen LogP contribution in [-0.2, 0) is 4.79 Å². The highest BCUT2D eigenvalue weighted by Crippen LogP contribution is 2.34. The van der Waals surface area contributed by atoms with Gasteiger partial charge in [-0.25, -0.2) is 0 Å². The number of hydrogen-bond acceptors (Lipinski definition) is 3. The van der Waals surface area contributed by atoms with Gasteiger partial charge >= 0.3 is 0 Å². The predicted octanol–water partition coefficient (Wildman–Crippen LogP) is 5.18. The number of carbonyl (C=O) groups excluding carboxylic acids is 1. The van der Waals surface area contributed by atoms with Gasteiger partial charge in [0.1, 0.15) is 0 Å².